The molecule has 0 bridgehead atoms. The molecule has 23 heavy (non-hydrogen) atoms. The van der Waals surface area contributed by atoms with Gasteiger partial charge in [-0.05, 0) is 48.5 Å². The quantitative estimate of drug-likeness (QED) is 0.572. The highest BCUT2D eigenvalue weighted by molar-refractivity contribution is 9.10. The average Bonchev–Trinajstić information content (AvgIpc) is 2.89. The van der Waals surface area contributed by atoms with Crippen LogP contribution in [0, 0.1) is 0 Å². The van der Waals surface area contributed by atoms with E-state index in [9.17, 15) is 4.79 Å². The fourth-order valence-electron chi connectivity index (χ4n) is 2.09. The van der Waals surface area contributed by atoms with Crippen molar-refractivity contribution >= 4 is 45.5 Å². The Morgan fingerprint density at radius 2 is 1.96 bits per heavy atom. The molecule has 0 aliphatic carbocycles. The van der Waals surface area contributed by atoms with Crippen LogP contribution in [0.5, 0.6) is 5.75 Å². The standard InChI is InChI=1S/C17H11BrClNO3/c1-22-15-7-4-12(18)8-11(15)9-14-17(21)23-16(20-14)10-2-5-13(19)6-3-10/h2-9H,1H3/b14-9+. The second-order valence-corrected chi connectivity index (χ2v) is 6.08. The van der Waals surface area contributed by atoms with Crippen molar-refractivity contribution in [1.82, 2.24) is 0 Å². The highest BCUT2D eigenvalue weighted by Crippen LogP contribution is 2.27. The number of nitrogens with zero attached hydrogens (tertiary/aromatic N) is 1. The van der Waals surface area contributed by atoms with Gasteiger partial charge in [-0.2, -0.15) is 0 Å². The number of cyclic esters (lactones) is 1. The number of carbonyl (C=O) groups excluding carboxylic acids is 1. The lowest BCUT2D eigenvalue weighted by Crippen LogP contribution is -2.05. The number of methoxy groups -OCH3 is 1. The van der Waals surface area contributed by atoms with E-state index in [1.54, 1.807) is 43.5 Å². The Morgan fingerprint density at radius 1 is 1.22 bits per heavy atom. The summed E-state index contributed by atoms with van der Waals surface area (Å²) >= 11 is 9.25. The van der Waals surface area contributed by atoms with Crippen molar-refractivity contribution in [2.45, 2.75) is 0 Å². The molecule has 1 aliphatic rings. The molecule has 3 rings (SSSR count). The summed E-state index contributed by atoms with van der Waals surface area (Å²) < 4.78 is 11.4. The third kappa shape index (κ3) is 3.46. The maximum absolute atomic E-state index is 12.0. The van der Waals surface area contributed by atoms with Crippen LogP contribution in [0.2, 0.25) is 5.02 Å². The van der Waals surface area contributed by atoms with E-state index in [1.165, 1.54) is 0 Å². The average molecular weight is 393 g/mol. The Hall–Kier alpha value is -2.11. The van der Waals surface area contributed by atoms with Gasteiger partial charge in [-0.25, -0.2) is 9.79 Å². The van der Waals surface area contributed by atoms with E-state index < -0.39 is 5.97 Å². The van der Waals surface area contributed by atoms with E-state index >= 15 is 0 Å². The zero-order valence-electron chi connectivity index (χ0n) is 12.0. The van der Waals surface area contributed by atoms with Crippen LogP contribution in [-0.4, -0.2) is 19.0 Å². The Labute approximate surface area is 146 Å². The minimum atomic E-state index is -0.503. The van der Waals surface area contributed by atoms with Gasteiger partial charge in [0.25, 0.3) is 0 Å². The number of esters is 1. The minimum absolute atomic E-state index is 0.214. The molecule has 0 saturated carbocycles. The number of halogens is 2. The summed E-state index contributed by atoms with van der Waals surface area (Å²) in [5, 5.41) is 0.605. The van der Waals surface area contributed by atoms with Gasteiger partial charge in [0.2, 0.25) is 5.90 Å². The van der Waals surface area contributed by atoms with Crippen LogP contribution < -0.4 is 4.74 Å². The number of rotatable bonds is 3. The summed E-state index contributed by atoms with van der Waals surface area (Å²) in [6.45, 7) is 0. The van der Waals surface area contributed by atoms with Gasteiger partial charge in [0.1, 0.15) is 5.75 Å². The molecule has 0 radical (unpaired) electrons. The molecule has 0 atom stereocenters. The molecule has 0 amide bonds. The molecule has 1 heterocycles. The van der Waals surface area contributed by atoms with Crippen LogP contribution in [0.4, 0.5) is 0 Å². The van der Waals surface area contributed by atoms with Crippen LogP contribution in [-0.2, 0) is 9.53 Å². The van der Waals surface area contributed by atoms with Gasteiger partial charge in [0.05, 0.1) is 7.11 Å². The Balaban J connectivity index is 1.98. The summed E-state index contributed by atoms with van der Waals surface area (Å²) in [4.78, 5) is 16.3. The van der Waals surface area contributed by atoms with Crippen LogP contribution in [0.3, 0.4) is 0 Å². The minimum Gasteiger partial charge on any atom is -0.496 e. The van der Waals surface area contributed by atoms with E-state index in [4.69, 9.17) is 21.1 Å². The first-order valence-electron chi connectivity index (χ1n) is 6.69. The third-order valence-corrected chi connectivity index (χ3v) is 3.94. The predicted molar refractivity (Wildman–Crippen MR) is 92.8 cm³/mol. The van der Waals surface area contributed by atoms with Crippen LogP contribution in [0.1, 0.15) is 11.1 Å². The first-order valence-corrected chi connectivity index (χ1v) is 7.86. The lowest BCUT2D eigenvalue weighted by atomic mass is 10.1. The zero-order chi connectivity index (χ0) is 16.4. The SMILES string of the molecule is COc1ccc(Br)cc1/C=C1/N=C(c2ccc(Cl)cc2)OC1=O. The molecule has 1 aliphatic heterocycles. The fraction of sp³-hybridized carbons (Fsp3) is 0.0588. The zero-order valence-corrected chi connectivity index (χ0v) is 14.4. The van der Waals surface area contributed by atoms with E-state index in [-0.39, 0.29) is 11.6 Å². The van der Waals surface area contributed by atoms with Crippen LogP contribution in [0.15, 0.2) is 57.6 Å². The van der Waals surface area contributed by atoms with E-state index in [0.717, 1.165) is 10.0 Å². The summed E-state index contributed by atoms with van der Waals surface area (Å²) in [7, 11) is 1.57. The van der Waals surface area contributed by atoms with E-state index in [2.05, 4.69) is 20.9 Å². The molecule has 116 valence electrons. The number of ether oxygens (including phenoxy) is 2. The molecule has 4 nitrogen and oxygen atoms in total. The van der Waals surface area contributed by atoms with Crippen LogP contribution >= 0.6 is 27.5 Å². The Kier molecular flexibility index (Phi) is 4.50. The van der Waals surface area contributed by atoms with E-state index in [1.807, 2.05) is 12.1 Å². The van der Waals surface area contributed by atoms with Crippen molar-refractivity contribution < 1.29 is 14.3 Å². The number of hydrogen-bond acceptors (Lipinski definition) is 4. The van der Waals surface area contributed by atoms with Crippen molar-refractivity contribution in [2.75, 3.05) is 7.11 Å². The summed E-state index contributed by atoms with van der Waals surface area (Å²) in [6.07, 6.45) is 1.63. The lowest BCUT2D eigenvalue weighted by molar-refractivity contribution is -0.129. The molecule has 0 saturated heterocycles. The van der Waals surface area contributed by atoms with Crippen molar-refractivity contribution in [3.63, 3.8) is 0 Å². The Morgan fingerprint density at radius 3 is 2.65 bits per heavy atom. The summed E-state index contributed by atoms with van der Waals surface area (Å²) in [5.74, 6) is 0.396. The second kappa shape index (κ2) is 6.56. The van der Waals surface area contributed by atoms with Gasteiger partial charge >= 0.3 is 5.97 Å². The van der Waals surface area contributed by atoms with Gasteiger partial charge in [-0.3, -0.25) is 0 Å². The maximum Gasteiger partial charge on any atom is 0.363 e. The molecular formula is C17H11BrClNO3. The number of benzene rings is 2. The molecule has 2 aromatic carbocycles. The van der Waals surface area contributed by atoms with Gasteiger partial charge in [0.15, 0.2) is 5.70 Å². The third-order valence-electron chi connectivity index (χ3n) is 3.20. The molecular weight excluding hydrogens is 382 g/mol. The molecule has 0 N–H and O–H groups in total. The molecule has 0 spiro atoms. The molecule has 0 fully saturated rings. The highest BCUT2D eigenvalue weighted by atomic mass is 79.9. The molecule has 6 heteroatoms. The van der Waals surface area contributed by atoms with Gasteiger partial charge in [0, 0.05) is 20.6 Å². The van der Waals surface area contributed by atoms with Crippen molar-refractivity contribution in [3.8, 4) is 5.75 Å². The first-order chi connectivity index (χ1) is 11.1. The number of hydrogen-bond donors (Lipinski definition) is 0. The number of carbonyl (C=O) groups is 1. The van der Waals surface area contributed by atoms with Gasteiger partial charge in [-0.1, -0.05) is 27.5 Å². The Bertz CT molecular complexity index is 828. The molecule has 0 aromatic heterocycles. The van der Waals surface area contributed by atoms with Gasteiger partial charge < -0.3 is 9.47 Å². The van der Waals surface area contributed by atoms with Crippen molar-refractivity contribution in [3.05, 3.63) is 68.8 Å². The van der Waals surface area contributed by atoms with Crippen molar-refractivity contribution in [2.24, 2.45) is 4.99 Å². The lowest BCUT2D eigenvalue weighted by Gasteiger charge is -2.04. The highest BCUT2D eigenvalue weighted by Gasteiger charge is 2.24. The topological polar surface area (TPSA) is 47.9 Å². The fourth-order valence-corrected chi connectivity index (χ4v) is 2.60. The smallest absolute Gasteiger partial charge is 0.363 e. The predicted octanol–water partition coefficient (Wildman–Crippen LogP) is 4.46. The van der Waals surface area contributed by atoms with E-state index in [0.29, 0.717) is 16.3 Å². The van der Waals surface area contributed by atoms with Crippen molar-refractivity contribution in [1.29, 1.82) is 0 Å². The maximum atomic E-state index is 12.0. The monoisotopic (exact) mass is 391 g/mol. The summed E-state index contributed by atoms with van der Waals surface area (Å²) in [5.41, 5.74) is 1.63. The normalized spacial score (nSPS) is 15.5. The largest absolute Gasteiger partial charge is 0.496 e. The van der Waals surface area contributed by atoms with Gasteiger partial charge in [-0.15, -0.1) is 0 Å². The molecule has 2 aromatic rings. The number of aliphatic imine (C=N–C) groups is 1. The summed E-state index contributed by atoms with van der Waals surface area (Å²) in [6, 6.07) is 12.4. The van der Waals surface area contributed by atoms with Crippen LogP contribution in [0.25, 0.3) is 6.08 Å². The first kappa shape index (κ1) is 15.8. The molecule has 0 unspecified atom stereocenters. The second-order valence-electron chi connectivity index (χ2n) is 4.73.